The normalized spacial score (nSPS) is 10.2. The minimum atomic E-state index is -0.634. The van der Waals surface area contributed by atoms with Crippen LogP contribution in [0.3, 0.4) is 0 Å². The fourth-order valence-electron chi connectivity index (χ4n) is 1.78. The lowest BCUT2D eigenvalue weighted by atomic mass is 10.2. The first-order valence-electron chi connectivity index (χ1n) is 6.95. The van der Waals surface area contributed by atoms with Crippen molar-refractivity contribution in [3.05, 3.63) is 63.6 Å². The van der Waals surface area contributed by atoms with Crippen molar-refractivity contribution in [2.45, 2.75) is 13.3 Å². The van der Waals surface area contributed by atoms with Gasteiger partial charge in [-0.3, -0.25) is 0 Å². The van der Waals surface area contributed by atoms with Gasteiger partial charge in [-0.15, -0.1) is 0 Å². The van der Waals surface area contributed by atoms with Crippen LogP contribution in [0.1, 0.15) is 34.1 Å². The van der Waals surface area contributed by atoms with E-state index < -0.39 is 11.9 Å². The molecule has 2 aromatic carbocycles. The van der Waals surface area contributed by atoms with Gasteiger partial charge in [0.1, 0.15) is 5.75 Å². The van der Waals surface area contributed by atoms with E-state index in [9.17, 15) is 9.59 Å². The van der Waals surface area contributed by atoms with Crippen molar-refractivity contribution >= 4 is 35.1 Å². The van der Waals surface area contributed by atoms with E-state index in [0.29, 0.717) is 17.2 Å². The summed E-state index contributed by atoms with van der Waals surface area (Å²) in [6.07, 6.45) is 0.732. The minimum absolute atomic E-state index is 0.190. The maximum atomic E-state index is 12.1. The van der Waals surface area contributed by atoms with Crippen LogP contribution in [0.15, 0.2) is 42.5 Å². The van der Waals surface area contributed by atoms with Gasteiger partial charge in [0.15, 0.2) is 0 Å². The number of halogens is 2. The van der Waals surface area contributed by atoms with Crippen molar-refractivity contribution in [1.82, 2.24) is 0 Å². The Hall–Kier alpha value is -2.04. The summed E-state index contributed by atoms with van der Waals surface area (Å²) in [7, 11) is 0. The quantitative estimate of drug-likeness (QED) is 0.573. The van der Waals surface area contributed by atoms with E-state index in [4.69, 9.17) is 32.7 Å². The number of rotatable bonds is 5. The van der Waals surface area contributed by atoms with Crippen LogP contribution in [0.5, 0.6) is 5.75 Å². The Kier molecular flexibility index (Phi) is 6.02. The molecule has 0 bridgehead atoms. The van der Waals surface area contributed by atoms with E-state index in [1.807, 2.05) is 6.92 Å². The smallest absolute Gasteiger partial charge is 0.345 e. The summed E-state index contributed by atoms with van der Waals surface area (Å²) in [6, 6.07) is 10.7. The Balaban J connectivity index is 2.13. The largest absolute Gasteiger partial charge is 0.462 e. The topological polar surface area (TPSA) is 52.6 Å². The molecule has 0 N–H and O–H groups in total. The standard InChI is InChI=1S/C17H14Cl2O4/c1-2-8-22-16(20)11-4-3-5-13(9-11)23-17(21)14-7-6-12(18)10-15(14)19/h3-7,9-10H,2,8H2,1H3. The summed E-state index contributed by atoms with van der Waals surface area (Å²) in [5, 5.41) is 0.619. The molecule has 0 aromatic heterocycles. The molecule has 4 nitrogen and oxygen atoms in total. The summed E-state index contributed by atoms with van der Waals surface area (Å²) in [5.41, 5.74) is 0.501. The van der Waals surface area contributed by atoms with Gasteiger partial charge >= 0.3 is 11.9 Å². The van der Waals surface area contributed by atoms with Gasteiger partial charge in [-0.2, -0.15) is 0 Å². The van der Waals surface area contributed by atoms with Gasteiger partial charge in [0.25, 0.3) is 0 Å². The van der Waals surface area contributed by atoms with Crippen molar-refractivity contribution in [1.29, 1.82) is 0 Å². The number of carbonyl (C=O) groups excluding carboxylic acids is 2. The van der Waals surface area contributed by atoms with Crippen molar-refractivity contribution in [2.24, 2.45) is 0 Å². The Morgan fingerprint density at radius 1 is 1.04 bits per heavy atom. The molecule has 0 unspecified atom stereocenters. The van der Waals surface area contributed by atoms with Crippen LogP contribution in [0.4, 0.5) is 0 Å². The number of ether oxygens (including phenoxy) is 2. The average Bonchev–Trinajstić information content (AvgIpc) is 2.52. The SMILES string of the molecule is CCCOC(=O)c1cccc(OC(=O)c2ccc(Cl)cc2Cl)c1. The Bertz CT molecular complexity index is 728. The molecule has 0 spiro atoms. The third-order valence-electron chi connectivity index (χ3n) is 2.87. The number of carbonyl (C=O) groups is 2. The van der Waals surface area contributed by atoms with Gasteiger partial charge in [-0.05, 0) is 42.8 Å². The first-order chi connectivity index (χ1) is 11.0. The minimum Gasteiger partial charge on any atom is -0.462 e. The Labute approximate surface area is 143 Å². The molecule has 23 heavy (non-hydrogen) atoms. The third kappa shape index (κ3) is 4.71. The summed E-state index contributed by atoms with van der Waals surface area (Å²) in [6.45, 7) is 2.24. The molecular formula is C17H14Cl2O4. The fraction of sp³-hybridized carbons (Fsp3) is 0.176. The van der Waals surface area contributed by atoms with Crippen LogP contribution in [-0.4, -0.2) is 18.5 Å². The number of benzene rings is 2. The molecule has 2 aromatic rings. The van der Waals surface area contributed by atoms with Crippen LogP contribution in [-0.2, 0) is 4.74 Å². The predicted octanol–water partition coefficient (Wildman–Crippen LogP) is 4.78. The molecule has 0 amide bonds. The third-order valence-corrected chi connectivity index (χ3v) is 3.42. The highest BCUT2D eigenvalue weighted by Crippen LogP contribution is 2.23. The molecule has 0 radical (unpaired) electrons. The van der Waals surface area contributed by atoms with Gasteiger partial charge in [0.2, 0.25) is 0 Å². The zero-order chi connectivity index (χ0) is 16.8. The molecule has 120 valence electrons. The Morgan fingerprint density at radius 3 is 2.52 bits per heavy atom. The first kappa shape index (κ1) is 17.3. The molecular weight excluding hydrogens is 339 g/mol. The van der Waals surface area contributed by atoms with Crippen molar-refractivity contribution in [2.75, 3.05) is 6.61 Å². The molecule has 0 aliphatic heterocycles. The number of hydrogen-bond acceptors (Lipinski definition) is 4. The lowest BCUT2D eigenvalue weighted by Crippen LogP contribution is -2.10. The lowest BCUT2D eigenvalue weighted by molar-refractivity contribution is 0.0503. The van der Waals surface area contributed by atoms with Gasteiger partial charge in [0, 0.05) is 5.02 Å². The van der Waals surface area contributed by atoms with E-state index >= 15 is 0 Å². The van der Waals surface area contributed by atoms with Crippen molar-refractivity contribution < 1.29 is 19.1 Å². The molecule has 0 atom stereocenters. The van der Waals surface area contributed by atoms with E-state index in [1.54, 1.807) is 24.3 Å². The summed E-state index contributed by atoms with van der Waals surface area (Å²) < 4.78 is 10.3. The molecule has 0 fully saturated rings. The highest BCUT2D eigenvalue weighted by Gasteiger charge is 2.14. The molecule has 2 rings (SSSR count). The van der Waals surface area contributed by atoms with Crippen LogP contribution in [0.2, 0.25) is 10.0 Å². The molecule has 6 heteroatoms. The monoisotopic (exact) mass is 352 g/mol. The zero-order valence-electron chi connectivity index (χ0n) is 12.3. The number of esters is 2. The van der Waals surface area contributed by atoms with Crippen molar-refractivity contribution in [3.8, 4) is 5.75 Å². The molecule has 0 aliphatic rings. The molecule has 0 saturated heterocycles. The van der Waals surface area contributed by atoms with Gasteiger partial charge in [-0.25, -0.2) is 9.59 Å². The Morgan fingerprint density at radius 2 is 1.83 bits per heavy atom. The number of hydrogen-bond donors (Lipinski definition) is 0. The van der Waals surface area contributed by atoms with Crippen molar-refractivity contribution in [3.63, 3.8) is 0 Å². The van der Waals surface area contributed by atoms with Crippen LogP contribution >= 0.6 is 23.2 Å². The summed E-state index contributed by atoms with van der Waals surface area (Å²) >= 11 is 11.8. The van der Waals surface area contributed by atoms with Crippen LogP contribution in [0, 0.1) is 0 Å². The van der Waals surface area contributed by atoms with Crippen LogP contribution < -0.4 is 4.74 Å². The maximum Gasteiger partial charge on any atom is 0.345 e. The predicted molar refractivity (Wildman–Crippen MR) is 88.4 cm³/mol. The second-order valence-corrected chi connectivity index (χ2v) is 5.52. The van der Waals surface area contributed by atoms with Gasteiger partial charge in [-0.1, -0.05) is 36.2 Å². The van der Waals surface area contributed by atoms with E-state index in [-0.39, 0.29) is 16.3 Å². The lowest BCUT2D eigenvalue weighted by Gasteiger charge is -2.08. The highest BCUT2D eigenvalue weighted by molar-refractivity contribution is 6.36. The van der Waals surface area contributed by atoms with E-state index in [0.717, 1.165) is 6.42 Å². The molecule has 0 aliphatic carbocycles. The maximum absolute atomic E-state index is 12.1. The highest BCUT2D eigenvalue weighted by atomic mass is 35.5. The van der Waals surface area contributed by atoms with E-state index in [2.05, 4.69) is 0 Å². The zero-order valence-corrected chi connectivity index (χ0v) is 13.9. The van der Waals surface area contributed by atoms with Crippen LogP contribution in [0.25, 0.3) is 0 Å². The second kappa shape index (κ2) is 7.99. The first-order valence-corrected chi connectivity index (χ1v) is 7.71. The molecule has 0 saturated carbocycles. The van der Waals surface area contributed by atoms with Gasteiger partial charge < -0.3 is 9.47 Å². The second-order valence-electron chi connectivity index (χ2n) is 4.68. The average molecular weight is 353 g/mol. The van der Waals surface area contributed by atoms with E-state index in [1.165, 1.54) is 18.2 Å². The fourth-order valence-corrected chi connectivity index (χ4v) is 2.27. The summed E-state index contributed by atoms with van der Waals surface area (Å²) in [4.78, 5) is 23.9. The molecule has 0 heterocycles. The van der Waals surface area contributed by atoms with Gasteiger partial charge in [0.05, 0.1) is 22.8 Å². The summed E-state index contributed by atoms with van der Waals surface area (Å²) in [5.74, 6) is -0.869.